The maximum Gasteiger partial charge on any atom is 0.416 e. The molecule has 0 saturated carbocycles. The maximum atomic E-state index is 12.9. The summed E-state index contributed by atoms with van der Waals surface area (Å²) in [5, 5.41) is 0.511. The van der Waals surface area contributed by atoms with E-state index < -0.39 is 31.7 Å². The number of para-hydroxylation sites is 1. The van der Waals surface area contributed by atoms with Gasteiger partial charge in [0.15, 0.2) is 0 Å². The summed E-state index contributed by atoms with van der Waals surface area (Å²) < 4.78 is 67.8. The summed E-state index contributed by atoms with van der Waals surface area (Å²) in [6, 6.07) is 14.3. The Bertz CT molecular complexity index is 1390. The molecule has 11 heteroatoms. The molecule has 0 radical (unpaired) electrons. The zero-order chi connectivity index (χ0) is 23.1. The van der Waals surface area contributed by atoms with Gasteiger partial charge in [-0.25, -0.2) is 13.4 Å². The van der Waals surface area contributed by atoms with Crippen molar-refractivity contribution in [1.82, 2.24) is 4.98 Å². The zero-order valence-electron chi connectivity index (χ0n) is 16.0. The van der Waals surface area contributed by atoms with Crippen molar-refractivity contribution in [2.45, 2.75) is 17.5 Å². The van der Waals surface area contributed by atoms with Crippen molar-refractivity contribution < 1.29 is 21.6 Å². The standard InChI is InChI=1S/C21H13Cl2F3N2O2S2/c22-14-4-3-6-16(13(14)11-20-27-17-5-1-2-7-18(17)31-20)28-32(29,30)19-9-8-12(10-15(19)23)21(24,25)26/h1-10,28H,11H2. The third kappa shape index (κ3) is 4.71. The van der Waals surface area contributed by atoms with E-state index in [0.29, 0.717) is 22.7 Å². The Morgan fingerprint density at radius 1 is 0.969 bits per heavy atom. The number of alkyl halides is 3. The Kier molecular flexibility index (Phi) is 6.10. The number of rotatable bonds is 5. The highest BCUT2D eigenvalue weighted by molar-refractivity contribution is 7.92. The highest BCUT2D eigenvalue weighted by Gasteiger charge is 2.32. The number of fused-ring (bicyclic) bond motifs is 1. The first kappa shape index (κ1) is 22.8. The van der Waals surface area contributed by atoms with Crippen LogP contribution < -0.4 is 4.72 Å². The normalized spacial score (nSPS) is 12.3. The van der Waals surface area contributed by atoms with E-state index in [1.165, 1.54) is 17.4 Å². The number of aromatic nitrogens is 1. The first-order valence-electron chi connectivity index (χ1n) is 9.06. The lowest BCUT2D eigenvalue weighted by atomic mass is 10.1. The fourth-order valence-corrected chi connectivity index (χ4v) is 5.93. The Labute approximate surface area is 195 Å². The number of nitrogens with zero attached hydrogens (tertiary/aromatic N) is 1. The smallest absolute Gasteiger partial charge is 0.279 e. The number of sulfonamides is 1. The minimum Gasteiger partial charge on any atom is -0.279 e. The molecule has 1 N–H and O–H groups in total. The highest BCUT2D eigenvalue weighted by atomic mass is 35.5. The van der Waals surface area contributed by atoms with Crippen LogP contribution in [0.3, 0.4) is 0 Å². The molecule has 0 amide bonds. The third-order valence-electron chi connectivity index (χ3n) is 4.58. The van der Waals surface area contributed by atoms with Crippen LogP contribution in [0.2, 0.25) is 10.0 Å². The van der Waals surface area contributed by atoms with Gasteiger partial charge >= 0.3 is 6.18 Å². The van der Waals surface area contributed by atoms with Crippen LogP contribution >= 0.6 is 34.5 Å². The molecule has 1 heterocycles. The van der Waals surface area contributed by atoms with Gasteiger partial charge in [-0.1, -0.05) is 41.4 Å². The van der Waals surface area contributed by atoms with Crippen molar-refractivity contribution in [3.63, 3.8) is 0 Å². The van der Waals surface area contributed by atoms with E-state index in [4.69, 9.17) is 23.2 Å². The fourth-order valence-electron chi connectivity index (χ4n) is 3.08. The van der Waals surface area contributed by atoms with Gasteiger partial charge in [0.05, 0.1) is 31.5 Å². The molecule has 0 unspecified atom stereocenters. The van der Waals surface area contributed by atoms with Crippen LogP contribution in [0.1, 0.15) is 16.1 Å². The van der Waals surface area contributed by atoms with Crippen LogP contribution in [0.4, 0.5) is 18.9 Å². The minimum atomic E-state index is -4.64. The summed E-state index contributed by atoms with van der Waals surface area (Å²) in [4.78, 5) is 4.07. The van der Waals surface area contributed by atoms with Crippen LogP contribution in [0.25, 0.3) is 10.2 Å². The number of anilines is 1. The number of hydrogen-bond donors (Lipinski definition) is 1. The van der Waals surface area contributed by atoms with Crippen molar-refractivity contribution >= 4 is 60.5 Å². The number of halogens is 5. The zero-order valence-corrected chi connectivity index (χ0v) is 19.1. The predicted octanol–water partition coefficient (Wildman–Crippen LogP) is 7.01. The SMILES string of the molecule is O=S(=O)(Nc1cccc(Cl)c1Cc1nc2ccccc2s1)c1ccc(C(F)(F)F)cc1Cl. The highest BCUT2D eigenvalue weighted by Crippen LogP contribution is 2.35. The van der Waals surface area contributed by atoms with Crippen LogP contribution in [-0.2, 0) is 22.6 Å². The molecule has 0 aliphatic heterocycles. The second kappa shape index (κ2) is 8.55. The number of thiazole rings is 1. The van der Waals surface area contributed by atoms with E-state index in [-0.39, 0.29) is 12.1 Å². The molecule has 166 valence electrons. The second-order valence-corrected chi connectivity index (χ2v) is 10.3. The van der Waals surface area contributed by atoms with Crippen LogP contribution in [0.5, 0.6) is 0 Å². The van der Waals surface area contributed by atoms with Crippen molar-refractivity contribution in [3.8, 4) is 0 Å². The van der Waals surface area contributed by atoms with E-state index in [0.717, 1.165) is 21.3 Å². The lowest BCUT2D eigenvalue weighted by Crippen LogP contribution is -2.16. The molecule has 0 fully saturated rings. The van der Waals surface area contributed by atoms with Gasteiger partial charge in [-0.2, -0.15) is 13.2 Å². The second-order valence-electron chi connectivity index (χ2n) is 6.77. The average Bonchev–Trinajstić information content (AvgIpc) is 3.12. The molecule has 0 atom stereocenters. The van der Waals surface area contributed by atoms with Crippen molar-refractivity contribution in [2.24, 2.45) is 0 Å². The van der Waals surface area contributed by atoms with E-state index in [9.17, 15) is 21.6 Å². The molecule has 0 aliphatic carbocycles. The Hall–Kier alpha value is -2.33. The van der Waals surface area contributed by atoms with E-state index in [1.807, 2.05) is 24.3 Å². The number of benzene rings is 3. The molecule has 0 spiro atoms. The van der Waals surface area contributed by atoms with Crippen LogP contribution in [0, 0.1) is 0 Å². The average molecular weight is 517 g/mol. The third-order valence-corrected chi connectivity index (χ3v) is 7.82. The molecule has 4 aromatic rings. The van der Waals surface area contributed by atoms with Gasteiger partial charge in [-0.15, -0.1) is 11.3 Å². The molecule has 0 aliphatic rings. The van der Waals surface area contributed by atoms with Gasteiger partial charge in [0.1, 0.15) is 4.90 Å². The molecule has 32 heavy (non-hydrogen) atoms. The van der Waals surface area contributed by atoms with Gasteiger partial charge in [-0.3, -0.25) is 4.72 Å². The van der Waals surface area contributed by atoms with Crippen molar-refractivity contribution in [3.05, 3.63) is 86.8 Å². The summed E-state index contributed by atoms with van der Waals surface area (Å²) in [7, 11) is -4.29. The van der Waals surface area contributed by atoms with Gasteiger partial charge in [0.25, 0.3) is 10.0 Å². The lowest BCUT2D eigenvalue weighted by molar-refractivity contribution is -0.137. The summed E-state index contributed by atoms with van der Waals surface area (Å²) in [5.41, 5.74) is 0.450. The Balaban J connectivity index is 1.68. The van der Waals surface area contributed by atoms with Crippen LogP contribution in [-0.4, -0.2) is 13.4 Å². The molecule has 0 bridgehead atoms. The van der Waals surface area contributed by atoms with Crippen LogP contribution in [0.15, 0.2) is 65.6 Å². The monoisotopic (exact) mass is 516 g/mol. The summed E-state index contributed by atoms with van der Waals surface area (Å²) in [6.07, 6.45) is -4.38. The molecule has 1 aromatic heterocycles. The summed E-state index contributed by atoms with van der Waals surface area (Å²) in [5.74, 6) is 0. The van der Waals surface area contributed by atoms with E-state index in [2.05, 4.69) is 9.71 Å². The number of nitrogens with one attached hydrogen (secondary N) is 1. The molecular weight excluding hydrogens is 504 g/mol. The van der Waals surface area contributed by atoms with Gasteiger partial charge < -0.3 is 0 Å². The molecule has 3 aromatic carbocycles. The molecule has 4 rings (SSSR count). The van der Waals surface area contributed by atoms with Crippen molar-refractivity contribution in [2.75, 3.05) is 4.72 Å². The van der Waals surface area contributed by atoms with Gasteiger partial charge in [0, 0.05) is 17.0 Å². The first-order valence-corrected chi connectivity index (χ1v) is 12.1. The lowest BCUT2D eigenvalue weighted by Gasteiger charge is -2.15. The largest absolute Gasteiger partial charge is 0.416 e. The van der Waals surface area contributed by atoms with Crippen molar-refractivity contribution in [1.29, 1.82) is 0 Å². The summed E-state index contributed by atoms with van der Waals surface area (Å²) in [6.45, 7) is 0. The predicted molar refractivity (Wildman–Crippen MR) is 121 cm³/mol. The fraction of sp³-hybridized carbons (Fsp3) is 0.0952. The Morgan fingerprint density at radius 2 is 1.72 bits per heavy atom. The van der Waals surface area contributed by atoms with E-state index >= 15 is 0 Å². The van der Waals surface area contributed by atoms with Gasteiger partial charge in [0.2, 0.25) is 0 Å². The molecular formula is C21H13Cl2F3N2O2S2. The Morgan fingerprint density at radius 3 is 2.41 bits per heavy atom. The summed E-state index contributed by atoms with van der Waals surface area (Å²) >= 11 is 13.7. The quantitative estimate of drug-likeness (QED) is 0.310. The van der Waals surface area contributed by atoms with E-state index in [1.54, 1.807) is 12.1 Å². The number of hydrogen-bond acceptors (Lipinski definition) is 4. The van der Waals surface area contributed by atoms with Gasteiger partial charge in [-0.05, 0) is 42.5 Å². The molecule has 0 saturated heterocycles. The molecule has 4 nitrogen and oxygen atoms in total. The maximum absolute atomic E-state index is 12.9. The minimum absolute atomic E-state index is 0.188. The first-order chi connectivity index (χ1) is 15.0. The topological polar surface area (TPSA) is 59.1 Å².